The van der Waals surface area contributed by atoms with E-state index in [1.165, 1.54) is 20.0 Å². The van der Waals surface area contributed by atoms with Crippen molar-refractivity contribution >= 4 is 5.97 Å². The lowest BCUT2D eigenvalue weighted by atomic mass is 9.97. The molecule has 0 aromatic heterocycles. The lowest BCUT2D eigenvalue weighted by molar-refractivity contribution is 0.0590. The van der Waals surface area contributed by atoms with Gasteiger partial charge in [0.2, 0.25) is 0 Å². The van der Waals surface area contributed by atoms with Crippen LogP contribution in [0.4, 0.5) is 0 Å². The number of esters is 1. The van der Waals surface area contributed by atoms with Gasteiger partial charge in [-0.15, -0.1) is 0 Å². The fourth-order valence-electron chi connectivity index (χ4n) is 2.56. The molecule has 1 aromatic carbocycles. The molecule has 110 valence electrons. The first-order valence-electron chi connectivity index (χ1n) is 7.26. The van der Waals surface area contributed by atoms with E-state index < -0.39 is 0 Å². The Hall–Kier alpha value is -1.39. The number of benzene rings is 1. The molecule has 1 unspecified atom stereocenters. The quantitative estimate of drug-likeness (QED) is 0.640. The van der Waals surface area contributed by atoms with Gasteiger partial charge in [0.15, 0.2) is 0 Å². The van der Waals surface area contributed by atoms with Crippen LogP contribution in [0.3, 0.4) is 0 Å². The second-order valence-corrected chi connectivity index (χ2v) is 5.20. The van der Waals surface area contributed by atoms with Crippen molar-refractivity contribution in [2.75, 3.05) is 26.8 Å². The average molecular weight is 277 g/mol. The van der Waals surface area contributed by atoms with Crippen molar-refractivity contribution in [3.8, 4) is 0 Å². The van der Waals surface area contributed by atoms with Gasteiger partial charge in [-0.1, -0.05) is 18.2 Å². The van der Waals surface area contributed by atoms with Gasteiger partial charge in [-0.25, -0.2) is 4.79 Å². The van der Waals surface area contributed by atoms with Gasteiger partial charge >= 0.3 is 5.97 Å². The van der Waals surface area contributed by atoms with Crippen LogP contribution in [0.1, 0.15) is 35.2 Å². The molecule has 20 heavy (non-hydrogen) atoms. The van der Waals surface area contributed by atoms with Gasteiger partial charge < -0.3 is 14.8 Å². The van der Waals surface area contributed by atoms with E-state index in [0.29, 0.717) is 12.2 Å². The molecule has 0 spiro atoms. The molecule has 0 saturated carbocycles. The van der Waals surface area contributed by atoms with E-state index in [-0.39, 0.29) is 5.97 Å². The molecule has 0 radical (unpaired) electrons. The van der Waals surface area contributed by atoms with Crippen LogP contribution in [0, 0.1) is 5.92 Å². The van der Waals surface area contributed by atoms with Crippen LogP contribution >= 0.6 is 0 Å². The third-order valence-corrected chi connectivity index (χ3v) is 3.75. The molecule has 1 atom stereocenters. The van der Waals surface area contributed by atoms with E-state index >= 15 is 0 Å². The number of rotatable bonds is 6. The van der Waals surface area contributed by atoms with Crippen LogP contribution in [0.25, 0.3) is 0 Å². The predicted octanol–water partition coefficient (Wildman–Crippen LogP) is 2.38. The smallest absolute Gasteiger partial charge is 0.338 e. The van der Waals surface area contributed by atoms with Gasteiger partial charge in [0, 0.05) is 6.61 Å². The molecule has 1 aliphatic rings. The summed E-state index contributed by atoms with van der Waals surface area (Å²) in [5.41, 5.74) is 1.48. The maximum atomic E-state index is 11.6. The van der Waals surface area contributed by atoms with Crippen LogP contribution in [0.2, 0.25) is 0 Å². The molecular formula is C16H23NO3. The summed E-state index contributed by atoms with van der Waals surface area (Å²) in [6.45, 7) is 3.44. The van der Waals surface area contributed by atoms with Crippen molar-refractivity contribution in [3.05, 3.63) is 35.4 Å². The molecule has 2 rings (SSSR count). The molecule has 1 aromatic rings. The number of carbonyl (C=O) groups is 1. The van der Waals surface area contributed by atoms with Crippen molar-refractivity contribution in [2.45, 2.75) is 25.9 Å². The molecule has 1 heterocycles. The van der Waals surface area contributed by atoms with E-state index in [2.05, 4.69) is 5.32 Å². The largest absolute Gasteiger partial charge is 0.465 e. The monoisotopic (exact) mass is 277 g/mol. The number of piperidine rings is 1. The molecule has 4 nitrogen and oxygen atoms in total. The number of nitrogens with one attached hydrogen (secondary N) is 1. The highest BCUT2D eigenvalue weighted by Gasteiger charge is 2.13. The fraction of sp³-hybridized carbons (Fsp3) is 0.562. The molecule has 0 amide bonds. The summed E-state index contributed by atoms with van der Waals surface area (Å²) >= 11 is 0. The van der Waals surface area contributed by atoms with Crippen molar-refractivity contribution in [2.24, 2.45) is 5.92 Å². The molecule has 1 fully saturated rings. The Labute approximate surface area is 120 Å². The Kier molecular flexibility index (Phi) is 6.02. The fourth-order valence-corrected chi connectivity index (χ4v) is 2.56. The van der Waals surface area contributed by atoms with Crippen LogP contribution in [-0.2, 0) is 16.1 Å². The molecule has 1 N–H and O–H groups in total. The Bertz CT molecular complexity index is 427. The van der Waals surface area contributed by atoms with Crippen molar-refractivity contribution < 1.29 is 14.3 Å². The minimum absolute atomic E-state index is 0.305. The molecular weight excluding hydrogens is 254 g/mol. The zero-order valence-corrected chi connectivity index (χ0v) is 12.1. The van der Waals surface area contributed by atoms with E-state index in [1.54, 1.807) is 6.07 Å². The minimum atomic E-state index is -0.305. The molecule has 0 aliphatic carbocycles. The van der Waals surface area contributed by atoms with Crippen molar-refractivity contribution in [1.82, 2.24) is 5.32 Å². The van der Waals surface area contributed by atoms with Gasteiger partial charge in [-0.2, -0.15) is 0 Å². The second-order valence-electron chi connectivity index (χ2n) is 5.20. The predicted molar refractivity (Wildman–Crippen MR) is 77.6 cm³/mol. The Morgan fingerprint density at radius 2 is 2.25 bits per heavy atom. The van der Waals surface area contributed by atoms with Gasteiger partial charge in [-0.3, -0.25) is 0 Å². The van der Waals surface area contributed by atoms with E-state index in [4.69, 9.17) is 9.47 Å². The number of carbonyl (C=O) groups excluding carboxylic acids is 1. The molecule has 4 heteroatoms. The zero-order chi connectivity index (χ0) is 14.2. The first-order valence-corrected chi connectivity index (χ1v) is 7.26. The SMILES string of the molecule is COC(=O)c1ccccc1COCCC1CCCNC1. The summed E-state index contributed by atoms with van der Waals surface area (Å²) in [5, 5.41) is 3.41. The summed E-state index contributed by atoms with van der Waals surface area (Å²) < 4.78 is 10.5. The topological polar surface area (TPSA) is 47.6 Å². The summed E-state index contributed by atoms with van der Waals surface area (Å²) in [5.74, 6) is 0.417. The highest BCUT2D eigenvalue weighted by atomic mass is 16.5. The maximum absolute atomic E-state index is 11.6. The van der Waals surface area contributed by atoms with Crippen LogP contribution < -0.4 is 5.32 Å². The first kappa shape index (κ1) is 15.0. The first-order chi connectivity index (χ1) is 9.81. The second kappa shape index (κ2) is 8.02. The minimum Gasteiger partial charge on any atom is -0.465 e. The lowest BCUT2D eigenvalue weighted by Crippen LogP contribution is -2.30. The van der Waals surface area contributed by atoms with Gasteiger partial charge in [0.1, 0.15) is 0 Å². The van der Waals surface area contributed by atoms with Gasteiger partial charge in [-0.05, 0) is 49.9 Å². The number of ether oxygens (including phenoxy) is 2. The Morgan fingerprint density at radius 3 is 3.00 bits per heavy atom. The lowest BCUT2D eigenvalue weighted by Gasteiger charge is -2.22. The van der Waals surface area contributed by atoms with Crippen LogP contribution in [-0.4, -0.2) is 32.8 Å². The Morgan fingerprint density at radius 1 is 1.40 bits per heavy atom. The normalized spacial score (nSPS) is 18.8. The number of hydrogen-bond acceptors (Lipinski definition) is 4. The van der Waals surface area contributed by atoms with E-state index in [0.717, 1.165) is 37.6 Å². The van der Waals surface area contributed by atoms with Gasteiger partial charge in [0.25, 0.3) is 0 Å². The molecule has 1 aliphatic heterocycles. The van der Waals surface area contributed by atoms with Crippen molar-refractivity contribution in [3.63, 3.8) is 0 Å². The third-order valence-electron chi connectivity index (χ3n) is 3.75. The Balaban J connectivity index is 1.77. The number of hydrogen-bond donors (Lipinski definition) is 1. The van der Waals surface area contributed by atoms with E-state index in [1.807, 2.05) is 18.2 Å². The third kappa shape index (κ3) is 4.32. The highest BCUT2D eigenvalue weighted by molar-refractivity contribution is 5.90. The highest BCUT2D eigenvalue weighted by Crippen LogP contribution is 2.15. The summed E-state index contributed by atoms with van der Waals surface area (Å²) in [4.78, 5) is 11.6. The van der Waals surface area contributed by atoms with Crippen LogP contribution in [0.5, 0.6) is 0 Å². The van der Waals surface area contributed by atoms with Crippen molar-refractivity contribution in [1.29, 1.82) is 0 Å². The van der Waals surface area contributed by atoms with E-state index in [9.17, 15) is 4.79 Å². The summed E-state index contributed by atoms with van der Waals surface area (Å²) in [6, 6.07) is 7.43. The molecule has 0 bridgehead atoms. The average Bonchev–Trinajstić information content (AvgIpc) is 2.52. The van der Waals surface area contributed by atoms with Crippen LogP contribution in [0.15, 0.2) is 24.3 Å². The van der Waals surface area contributed by atoms with Gasteiger partial charge in [0.05, 0.1) is 19.3 Å². The number of methoxy groups -OCH3 is 1. The molecule has 1 saturated heterocycles. The summed E-state index contributed by atoms with van der Waals surface area (Å²) in [7, 11) is 1.40. The maximum Gasteiger partial charge on any atom is 0.338 e. The standard InChI is InChI=1S/C16H23NO3/c1-19-16(18)15-7-3-2-6-14(15)12-20-10-8-13-5-4-9-17-11-13/h2-3,6-7,13,17H,4-5,8-12H2,1H3. The summed E-state index contributed by atoms with van der Waals surface area (Å²) in [6.07, 6.45) is 3.62. The zero-order valence-electron chi connectivity index (χ0n) is 12.1.